The van der Waals surface area contributed by atoms with Crippen LogP contribution in [0.5, 0.6) is 0 Å². The van der Waals surface area contributed by atoms with Gasteiger partial charge in [0.05, 0.1) is 35.2 Å². The molecule has 2 N–H and O–H groups in total. The summed E-state index contributed by atoms with van der Waals surface area (Å²) in [7, 11) is 0. The van der Waals surface area contributed by atoms with Crippen molar-refractivity contribution in [3.05, 3.63) is 173 Å². The van der Waals surface area contributed by atoms with Gasteiger partial charge in [0, 0.05) is 27.9 Å². The molecule has 1 amide bonds. The highest BCUT2D eigenvalue weighted by atomic mass is 16.4. The number of anilines is 1. The topological polar surface area (TPSA) is 118 Å². The first-order valence-electron chi connectivity index (χ1n) is 16.8. The number of carbonyl (C=O) groups is 2. The average molecular weight is 684 g/mol. The first-order chi connectivity index (χ1) is 25.1. The van der Waals surface area contributed by atoms with E-state index in [1.54, 1.807) is 0 Å². The highest BCUT2D eigenvalue weighted by molar-refractivity contribution is 6.03. The molecule has 0 spiro atoms. The van der Waals surface area contributed by atoms with Crippen molar-refractivity contribution in [1.82, 2.24) is 19.9 Å². The lowest BCUT2D eigenvalue weighted by Crippen LogP contribution is -2.15. The van der Waals surface area contributed by atoms with Gasteiger partial charge in [-0.3, -0.25) is 14.8 Å². The van der Waals surface area contributed by atoms with E-state index in [1.165, 1.54) is 18.0 Å². The van der Waals surface area contributed by atoms with Gasteiger partial charge in [0.25, 0.3) is 5.91 Å². The Labute approximate surface area is 303 Å². The van der Waals surface area contributed by atoms with Crippen molar-refractivity contribution in [2.24, 2.45) is 0 Å². The molecular weight excluding hydrogens is 647 g/mol. The molecule has 2 aromatic heterocycles. The first-order valence-corrected chi connectivity index (χ1v) is 16.8. The highest BCUT2D eigenvalue weighted by Gasteiger charge is 2.17. The lowest BCUT2D eigenvalue weighted by molar-refractivity contribution is 0.0690. The fourth-order valence-corrected chi connectivity index (χ4v) is 5.38. The number of carboxylic acids is 1. The molecule has 5 aromatic carbocycles. The molecule has 0 saturated heterocycles. The Kier molecular flexibility index (Phi) is 10.7. The van der Waals surface area contributed by atoms with Crippen molar-refractivity contribution >= 4 is 17.6 Å². The van der Waals surface area contributed by atoms with Gasteiger partial charge in [0.1, 0.15) is 5.69 Å². The summed E-state index contributed by atoms with van der Waals surface area (Å²) in [6.07, 6.45) is 2.83. The fraction of sp³-hybridized carbons (Fsp3) is 0.0909. The molecule has 0 bridgehead atoms. The lowest BCUT2D eigenvalue weighted by atomic mass is 10.0. The van der Waals surface area contributed by atoms with Crippen LogP contribution in [-0.4, -0.2) is 36.9 Å². The Morgan fingerprint density at radius 1 is 0.462 bits per heavy atom. The number of para-hydroxylation sites is 1. The number of aromatic carboxylic acids is 1. The molecule has 0 radical (unpaired) electrons. The van der Waals surface area contributed by atoms with Crippen molar-refractivity contribution in [3.63, 3.8) is 0 Å². The number of amides is 1. The van der Waals surface area contributed by atoms with Crippen LogP contribution in [-0.2, 0) is 0 Å². The SMILES string of the molecule is Cc1ccc(-c2ncc(C(=O)Nc3ccccc3)nc2-c2ccc(C)cc2)cc1.Cc1ccc(-c2ncc(C(=O)O)nc2-c2ccc(C)cc2)cc1. The molecular formula is C44H37N5O3. The largest absolute Gasteiger partial charge is 0.476 e. The molecule has 8 nitrogen and oxygen atoms in total. The van der Waals surface area contributed by atoms with E-state index in [0.717, 1.165) is 50.3 Å². The van der Waals surface area contributed by atoms with Gasteiger partial charge >= 0.3 is 5.97 Å². The van der Waals surface area contributed by atoms with Crippen molar-refractivity contribution in [2.75, 3.05) is 5.32 Å². The van der Waals surface area contributed by atoms with Crippen LogP contribution in [0.15, 0.2) is 140 Å². The third kappa shape index (κ3) is 8.49. The molecule has 7 rings (SSSR count). The molecule has 2 heterocycles. The third-order valence-electron chi connectivity index (χ3n) is 8.33. The Morgan fingerprint density at radius 3 is 1.19 bits per heavy atom. The minimum absolute atomic E-state index is 0.0589. The van der Waals surface area contributed by atoms with Crippen LogP contribution in [0.2, 0.25) is 0 Å². The number of carboxylic acid groups (broad SMARTS) is 1. The van der Waals surface area contributed by atoms with E-state index in [1.807, 2.05) is 155 Å². The molecule has 0 atom stereocenters. The van der Waals surface area contributed by atoms with Gasteiger partial charge < -0.3 is 10.4 Å². The number of aromatic nitrogens is 4. The van der Waals surface area contributed by atoms with Crippen LogP contribution in [0.25, 0.3) is 45.0 Å². The molecule has 52 heavy (non-hydrogen) atoms. The van der Waals surface area contributed by atoms with Gasteiger partial charge in [-0.1, -0.05) is 138 Å². The maximum absolute atomic E-state index is 12.7. The number of hydrogen-bond donors (Lipinski definition) is 2. The average Bonchev–Trinajstić information content (AvgIpc) is 3.16. The maximum atomic E-state index is 12.7. The zero-order valence-corrected chi connectivity index (χ0v) is 29.3. The van der Waals surface area contributed by atoms with E-state index in [0.29, 0.717) is 17.1 Å². The molecule has 0 aliphatic rings. The smallest absolute Gasteiger partial charge is 0.356 e. The summed E-state index contributed by atoms with van der Waals surface area (Å²) in [5.74, 6) is -1.37. The molecule has 0 aliphatic carbocycles. The molecule has 7 aromatic rings. The number of aryl methyl sites for hydroxylation is 4. The van der Waals surface area contributed by atoms with Crippen LogP contribution in [0.4, 0.5) is 5.69 Å². The van der Waals surface area contributed by atoms with Crippen LogP contribution in [0.3, 0.4) is 0 Å². The van der Waals surface area contributed by atoms with Crippen molar-refractivity contribution in [3.8, 4) is 45.0 Å². The molecule has 0 fully saturated rings. The Morgan fingerprint density at radius 2 is 0.808 bits per heavy atom. The molecule has 0 aliphatic heterocycles. The number of nitrogens with one attached hydrogen (secondary N) is 1. The van der Waals surface area contributed by atoms with Gasteiger partial charge in [-0.15, -0.1) is 0 Å². The second kappa shape index (κ2) is 15.8. The Hall–Kier alpha value is -6.80. The fourth-order valence-electron chi connectivity index (χ4n) is 5.38. The van der Waals surface area contributed by atoms with E-state index in [4.69, 9.17) is 4.98 Å². The molecule has 0 unspecified atom stereocenters. The van der Waals surface area contributed by atoms with E-state index >= 15 is 0 Å². The first kappa shape index (κ1) is 35.0. The zero-order valence-electron chi connectivity index (χ0n) is 29.3. The third-order valence-corrected chi connectivity index (χ3v) is 8.33. The molecule has 256 valence electrons. The van der Waals surface area contributed by atoms with Crippen LogP contribution in [0, 0.1) is 27.7 Å². The number of benzene rings is 5. The Balaban J connectivity index is 0.000000183. The second-order valence-corrected chi connectivity index (χ2v) is 12.5. The summed E-state index contributed by atoms with van der Waals surface area (Å²) in [5.41, 5.74) is 11.9. The van der Waals surface area contributed by atoms with E-state index < -0.39 is 5.97 Å². The zero-order chi connectivity index (χ0) is 36.6. The highest BCUT2D eigenvalue weighted by Crippen LogP contribution is 2.31. The Bertz CT molecular complexity index is 2320. The lowest BCUT2D eigenvalue weighted by Gasteiger charge is -2.11. The van der Waals surface area contributed by atoms with Crippen molar-refractivity contribution in [1.29, 1.82) is 0 Å². The van der Waals surface area contributed by atoms with Gasteiger partial charge in [-0.2, -0.15) is 0 Å². The van der Waals surface area contributed by atoms with Crippen molar-refractivity contribution < 1.29 is 14.7 Å². The summed E-state index contributed by atoms with van der Waals surface area (Å²) < 4.78 is 0. The van der Waals surface area contributed by atoms with Gasteiger partial charge in [0.15, 0.2) is 5.69 Å². The number of hydrogen-bond acceptors (Lipinski definition) is 6. The number of nitrogens with zero attached hydrogens (tertiary/aromatic N) is 4. The summed E-state index contributed by atoms with van der Waals surface area (Å²) in [6.45, 7) is 8.11. The van der Waals surface area contributed by atoms with Gasteiger partial charge in [-0.25, -0.2) is 14.8 Å². The summed E-state index contributed by atoms with van der Waals surface area (Å²) in [4.78, 5) is 41.9. The monoisotopic (exact) mass is 683 g/mol. The minimum Gasteiger partial charge on any atom is -0.476 e. The van der Waals surface area contributed by atoms with Crippen LogP contribution < -0.4 is 5.32 Å². The summed E-state index contributed by atoms with van der Waals surface area (Å²) in [5, 5.41) is 12.1. The number of rotatable bonds is 7. The predicted octanol–water partition coefficient (Wildman–Crippen LogP) is 9.81. The van der Waals surface area contributed by atoms with Gasteiger partial charge in [-0.05, 0) is 39.8 Å². The van der Waals surface area contributed by atoms with Gasteiger partial charge in [0.2, 0.25) is 0 Å². The van der Waals surface area contributed by atoms with Crippen LogP contribution >= 0.6 is 0 Å². The summed E-state index contributed by atoms with van der Waals surface area (Å²) in [6, 6.07) is 41.3. The standard InChI is InChI=1S/C25H21N3O.C19H16N2O2/c1-17-8-12-19(13-9-17)23-24(20-14-10-18(2)11-15-20)28-22(16-26-23)25(29)27-21-6-4-3-5-7-21;1-12-3-7-14(8-4-12)17-18(15-9-5-13(2)6-10-15)21-16(11-20-17)19(22)23/h3-16H,1-2H3,(H,27,29);3-11H,1-2H3,(H,22,23). The molecule has 0 saturated carbocycles. The summed E-state index contributed by atoms with van der Waals surface area (Å²) >= 11 is 0. The normalized spacial score (nSPS) is 10.5. The predicted molar refractivity (Wildman–Crippen MR) is 206 cm³/mol. The van der Waals surface area contributed by atoms with E-state index in [9.17, 15) is 14.7 Å². The van der Waals surface area contributed by atoms with E-state index in [-0.39, 0.29) is 17.3 Å². The minimum atomic E-state index is -1.08. The molecule has 8 heteroatoms. The van der Waals surface area contributed by atoms with Crippen molar-refractivity contribution in [2.45, 2.75) is 27.7 Å². The van der Waals surface area contributed by atoms with Crippen LogP contribution in [0.1, 0.15) is 43.2 Å². The quantitative estimate of drug-likeness (QED) is 0.172. The van der Waals surface area contributed by atoms with E-state index in [2.05, 4.69) is 20.3 Å². The number of carbonyl (C=O) groups excluding carboxylic acids is 1. The maximum Gasteiger partial charge on any atom is 0.356 e. The second-order valence-electron chi connectivity index (χ2n) is 12.5.